The number of aryl methyl sites for hydroxylation is 1. The van der Waals surface area contributed by atoms with Crippen LogP contribution in [-0.2, 0) is 0 Å². The lowest BCUT2D eigenvalue weighted by molar-refractivity contribution is 0.0988. The van der Waals surface area contributed by atoms with Gasteiger partial charge in [0.05, 0.1) is 10.9 Å². The lowest BCUT2D eigenvalue weighted by Gasteiger charge is -2.08. The van der Waals surface area contributed by atoms with E-state index < -0.39 is 0 Å². The Bertz CT molecular complexity index is 941. The number of carbonyl (C=O) groups is 2. The molecule has 0 bridgehead atoms. The summed E-state index contributed by atoms with van der Waals surface area (Å²) in [7, 11) is 0. The van der Waals surface area contributed by atoms with Crippen molar-refractivity contribution < 1.29 is 9.59 Å². The van der Waals surface area contributed by atoms with Crippen molar-refractivity contribution in [2.24, 2.45) is 0 Å². The van der Waals surface area contributed by atoms with Crippen LogP contribution in [0.15, 0.2) is 29.6 Å². The number of rotatable bonds is 5. The molecule has 3 aromatic rings. The molecule has 0 saturated heterocycles. The van der Waals surface area contributed by atoms with E-state index in [0.717, 1.165) is 11.3 Å². The number of thioether (sulfide) groups is 1. The van der Waals surface area contributed by atoms with Crippen molar-refractivity contribution in [1.82, 2.24) is 19.6 Å². The second-order valence-electron chi connectivity index (χ2n) is 5.72. The van der Waals surface area contributed by atoms with Crippen molar-refractivity contribution in [2.75, 3.05) is 0 Å². The van der Waals surface area contributed by atoms with Crippen LogP contribution in [0.1, 0.15) is 46.0 Å². The molecule has 0 saturated carbocycles. The number of hydrogen-bond acceptors (Lipinski definition) is 5. The summed E-state index contributed by atoms with van der Waals surface area (Å²) in [5, 5.41) is 8.55. The van der Waals surface area contributed by atoms with Crippen LogP contribution in [0, 0.1) is 13.8 Å². The molecule has 0 aliphatic carbocycles. The Morgan fingerprint density at radius 2 is 2.00 bits per heavy atom. The third-order valence-electron chi connectivity index (χ3n) is 3.97. The van der Waals surface area contributed by atoms with Gasteiger partial charge in [-0.2, -0.15) is 0 Å². The zero-order valence-electron chi connectivity index (χ0n) is 14.0. The molecule has 0 aliphatic rings. The Morgan fingerprint density at radius 1 is 1.25 bits per heavy atom. The SMILES string of the molecule is CC(=O)c1c(C)[nH]c(C(=O)[C@@H](C)Sc2nnc3ccccn23)c1C. The third kappa shape index (κ3) is 2.75. The summed E-state index contributed by atoms with van der Waals surface area (Å²) in [6.07, 6.45) is 1.87. The third-order valence-corrected chi connectivity index (χ3v) is 5.03. The molecule has 0 aliphatic heterocycles. The predicted molar refractivity (Wildman–Crippen MR) is 92.9 cm³/mol. The number of pyridine rings is 1. The Morgan fingerprint density at radius 3 is 2.67 bits per heavy atom. The Kier molecular flexibility index (Phi) is 4.28. The molecular weight excluding hydrogens is 324 g/mol. The van der Waals surface area contributed by atoms with E-state index in [1.165, 1.54) is 18.7 Å². The van der Waals surface area contributed by atoms with Gasteiger partial charge in [-0.05, 0) is 45.4 Å². The largest absolute Gasteiger partial charge is 0.355 e. The van der Waals surface area contributed by atoms with Crippen molar-refractivity contribution in [3.63, 3.8) is 0 Å². The summed E-state index contributed by atoms with van der Waals surface area (Å²) in [4.78, 5) is 27.6. The molecule has 1 atom stereocenters. The van der Waals surface area contributed by atoms with Gasteiger partial charge in [0.2, 0.25) is 0 Å². The lowest BCUT2D eigenvalue weighted by atomic mass is 10.0. The van der Waals surface area contributed by atoms with Gasteiger partial charge in [-0.25, -0.2) is 0 Å². The van der Waals surface area contributed by atoms with Crippen molar-refractivity contribution >= 4 is 29.0 Å². The van der Waals surface area contributed by atoms with Crippen LogP contribution in [0.3, 0.4) is 0 Å². The highest BCUT2D eigenvalue weighted by Crippen LogP contribution is 2.27. The smallest absolute Gasteiger partial charge is 0.196 e. The second kappa shape index (κ2) is 6.24. The minimum atomic E-state index is -0.353. The first-order valence-corrected chi connectivity index (χ1v) is 8.49. The standard InChI is InChI=1S/C17H18N4O2S/c1-9-14(11(3)22)10(2)18-15(9)16(23)12(4)24-17-20-19-13-7-5-6-8-21(13)17/h5-8,12,18H,1-4H3/t12-/m1/s1. The molecule has 3 heterocycles. The summed E-state index contributed by atoms with van der Waals surface area (Å²) in [5.74, 6) is -0.0927. The summed E-state index contributed by atoms with van der Waals surface area (Å²) < 4.78 is 1.85. The average Bonchev–Trinajstić information content (AvgIpc) is 3.07. The molecule has 3 aromatic heterocycles. The van der Waals surface area contributed by atoms with Gasteiger partial charge in [-0.3, -0.25) is 14.0 Å². The van der Waals surface area contributed by atoms with E-state index in [-0.39, 0.29) is 16.8 Å². The highest BCUT2D eigenvalue weighted by atomic mass is 32.2. The van der Waals surface area contributed by atoms with E-state index in [1.807, 2.05) is 42.6 Å². The van der Waals surface area contributed by atoms with Crippen molar-refractivity contribution in [1.29, 1.82) is 0 Å². The molecule has 0 amide bonds. The van der Waals surface area contributed by atoms with Gasteiger partial charge in [-0.15, -0.1) is 10.2 Å². The molecule has 24 heavy (non-hydrogen) atoms. The first kappa shape index (κ1) is 16.4. The maximum Gasteiger partial charge on any atom is 0.196 e. The summed E-state index contributed by atoms with van der Waals surface area (Å²) in [6.45, 7) is 6.96. The molecule has 1 N–H and O–H groups in total. The molecule has 0 unspecified atom stereocenters. The van der Waals surface area contributed by atoms with Gasteiger partial charge in [0.25, 0.3) is 0 Å². The van der Waals surface area contributed by atoms with Crippen LogP contribution < -0.4 is 0 Å². The van der Waals surface area contributed by atoms with Crippen LogP contribution in [0.4, 0.5) is 0 Å². The Labute approximate surface area is 143 Å². The van der Waals surface area contributed by atoms with E-state index in [1.54, 1.807) is 6.92 Å². The molecule has 124 valence electrons. The number of H-pyrrole nitrogens is 1. The average molecular weight is 342 g/mol. The molecule has 0 aromatic carbocycles. The fourth-order valence-electron chi connectivity index (χ4n) is 2.84. The van der Waals surface area contributed by atoms with Gasteiger partial charge < -0.3 is 4.98 Å². The van der Waals surface area contributed by atoms with E-state index >= 15 is 0 Å². The van der Waals surface area contributed by atoms with Gasteiger partial charge in [0.1, 0.15) is 0 Å². The Hall–Kier alpha value is -2.41. The second-order valence-corrected chi connectivity index (χ2v) is 7.02. The minimum Gasteiger partial charge on any atom is -0.355 e. The van der Waals surface area contributed by atoms with E-state index in [2.05, 4.69) is 15.2 Å². The number of fused-ring (bicyclic) bond motifs is 1. The van der Waals surface area contributed by atoms with Crippen LogP contribution in [0.5, 0.6) is 0 Å². The molecule has 0 fully saturated rings. The van der Waals surface area contributed by atoms with Gasteiger partial charge in [0.15, 0.2) is 22.4 Å². The molecule has 7 heteroatoms. The maximum absolute atomic E-state index is 12.8. The van der Waals surface area contributed by atoms with Crippen molar-refractivity contribution in [3.8, 4) is 0 Å². The highest BCUT2D eigenvalue weighted by Gasteiger charge is 2.25. The number of aromatic nitrogens is 4. The van der Waals surface area contributed by atoms with Gasteiger partial charge >= 0.3 is 0 Å². The number of hydrogen-bond donors (Lipinski definition) is 1. The number of ketones is 2. The van der Waals surface area contributed by atoms with Gasteiger partial charge in [-0.1, -0.05) is 17.8 Å². The normalized spacial score (nSPS) is 12.5. The number of nitrogens with one attached hydrogen (secondary N) is 1. The monoisotopic (exact) mass is 342 g/mol. The lowest BCUT2D eigenvalue weighted by Crippen LogP contribution is -2.16. The summed E-state index contributed by atoms with van der Waals surface area (Å²) >= 11 is 1.35. The topological polar surface area (TPSA) is 80.1 Å². The van der Waals surface area contributed by atoms with E-state index in [0.29, 0.717) is 22.0 Å². The summed E-state index contributed by atoms with van der Waals surface area (Å²) in [6, 6.07) is 5.65. The Balaban J connectivity index is 1.88. The van der Waals surface area contributed by atoms with Crippen molar-refractivity contribution in [2.45, 2.75) is 38.1 Å². The first-order valence-electron chi connectivity index (χ1n) is 7.61. The minimum absolute atomic E-state index is 0.0379. The highest BCUT2D eigenvalue weighted by molar-refractivity contribution is 8.00. The number of Topliss-reactive ketones (excluding diaryl/α,β-unsaturated/α-hetero) is 2. The fraction of sp³-hybridized carbons (Fsp3) is 0.294. The van der Waals surface area contributed by atoms with Crippen LogP contribution >= 0.6 is 11.8 Å². The zero-order chi connectivity index (χ0) is 17.4. The van der Waals surface area contributed by atoms with Crippen LogP contribution in [0.2, 0.25) is 0 Å². The molecule has 0 spiro atoms. The van der Waals surface area contributed by atoms with E-state index in [9.17, 15) is 9.59 Å². The number of carbonyl (C=O) groups excluding carboxylic acids is 2. The molecule has 3 rings (SSSR count). The zero-order valence-corrected chi connectivity index (χ0v) is 14.8. The number of aromatic amines is 1. The molecule has 0 radical (unpaired) electrons. The molecule has 6 nitrogen and oxygen atoms in total. The summed E-state index contributed by atoms with van der Waals surface area (Å²) in [5.41, 5.74) is 3.28. The van der Waals surface area contributed by atoms with Crippen molar-refractivity contribution in [3.05, 3.63) is 46.9 Å². The first-order chi connectivity index (χ1) is 11.4. The molecular formula is C17H18N4O2S. The predicted octanol–water partition coefficient (Wildman–Crippen LogP) is 3.24. The quantitative estimate of drug-likeness (QED) is 0.569. The maximum atomic E-state index is 12.8. The fourth-order valence-corrected chi connectivity index (χ4v) is 3.74. The van der Waals surface area contributed by atoms with Crippen LogP contribution in [-0.4, -0.2) is 36.4 Å². The van der Waals surface area contributed by atoms with Crippen LogP contribution in [0.25, 0.3) is 5.65 Å². The van der Waals surface area contributed by atoms with Gasteiger partial charge in [0, 0.05) is 17.5 Å². The van der Waals surface area contributed by atoms with E-state index in [4.69, 9.17) is 0 Å². The number of nitrogens with zero attached hydrogens (tertiary/aromatic N) is 3.